The lowest BCUT2D eigenvalue weighted by molar-refractivity contribution is -0.140. The van der Waals surface area contributed by atoms with Crippen LogP contribution in [0.4, 0.5) is 10.5 Å². The fraction of sp³-hybridized carbons (Fsp3) is 0.242. The van der Waals surface area contributed by atoms with Crippen molar-refractivity contribution in [2.45, 2.75) is 38.3 Å². The number of aromatic nitrogens is 1. The van der Waals surface area contributed by atoms with Crippen LogP contribution in [-0.2, 0) is 32.1 Å². The van der Waals surface area contributed by atoms with Crippen LogP contribution in [0.2, 0.25) is 0 Å². The summed E-state index contributed by atoms with van der Waals surface area (Å²) in [6.45, 7) is 0.378. The van der Waals surface area contributed by atoms with E-state index in [4.69, 9.17) is 9.47 Å². The van der Waals surface area contributed by atoms with Gasteiger partial charge in [0.05, 0.1) is 18.2 Å². The van der Waals surface area contributed by atoms with Gasteiger partial charge in [0.1, 0.15) is 12.6 Å². The summed E-state index contributed by atoms with van der Waals surface area (Å²) in [6.07, 6.45) is 2.05. The van der Waals surface area contributed by atoms with Crippen LogP contribution in [0.5, 0.6) is 0 Å². The number of anilines is 1. The minimum atomic E-state index is -0.922. The Morgan fingerprint density at radius 3 is 2.47 bits per heavy atom. The number of aryl methyl sites for hydroxylation is 1. The number of nitrogens with zero attached hydrogens (tertiary/aromatic N) is 1. The Hall–Kier alpha value is -5.25. The molecule has 0 unspecified atom stereocenters. The molecule has 0 aliphatic carbocycles. The number of carbonyl (C=O) groups is 4. The number of nitrogens with one attached hydrogen (secondary N) is 3. The molecule has 1 heterocycles. The molecule has 1 aromatic heterocycles. The molecule has 4 aromatic rings. The number of esters is 1. The molecule has 10 nitrogen and oxygen atoms in total. The number of fused-ring (bicyclic) bond motifs is 1. The van der Waals surface area contributed by atoms with E-state index in [0.29, 0.717) is 24.1 Å². The lowest BCUT2D eigenvalue weighted by Crippen LogP contribution is -2.44. The van der Waals surface area contributed by atoms with E-state index >= 15 is 0 Å². The number of pyridine rings is 1. The predicted molar refractivity (Wildman–Crippen MR) is 162 cm³/mol. The Morgan fingerprint density at radius 1 is 0.907 bits per heavy atom. The first-order valence-corrected chi connectivity index (χ1v) is 14.0. The van der Waals surface area contributed by atoms with Crippen LogP contribution in [-0.4, -0.2) is 48.6 Å². The zero-order valence-electron chi connectivity index (χ0n) is 23.9. The van der Waals surface area contributed by atoms with E-state index < -0.39 is 23.9 Å². The second kappa shape index (κ2) is 15.7. The first-order chi connectivity index (χ1) is 20.9. The third-order valence-corrected chi connectivity index (χ3v) is 6.73. The highest BCUT2D eigenvalue weighted by atomic mass is 16.5. The lowest BCUT2D eigenvalue weighted by Gasteiger charge is -2.20. The van der Waals surface area contributed by atoms with Crippen LogP contribution >= 0.6 is 0 Å². The predicted octanol–water partition coefficient (Wildman–Crippen LogP) is 4.78. The van der Waals surface area contributed by atoms with Gasteiger partial charge in [0.25, 0.3) is 5.91 Å². The molecule has 3 N–H and O–H groups in total. The van der Waals surface area contributed by atoms with Crippen molar-refractivity contribution < 1.29 is 28.7 Å². The van der Waals surface area contributed by atoms with Crippen molar-refractivity contribution in [3.05, 3.63) is 108 Å². The van der Waals surface area contributed by atoms with Crippen LogP contribution in [0.1, 0.15) is 40.7 Å². The monoisotopic (exact) mass is 582 g/mol. The Morgan fingerprint density at radius 2 is 1.65 bits per heavy atom. The maximum Gasteiger partial charge on any atom is 0.407 e. The summed E-state index contributed by atoms with van der Waals surface area (Å²) in [5.74, 6) is -1.24. The maximum atomic E-state index is 13.5. The summed E-state index contributed by atoms with van der Waals surface area (Å²) >= 11 is 0. The smallest absolute Gasteiger partial charge is 0.407 e. The van der Waals surface area contributed by atoms with Crippen LogP contribution in [0.15, 0.2) is 91.1 Å². The molecule has 0 spiro atoms. The first kappa shape index (κ1) is 30.7. The number of alkyl carbamates (subject to hydrolysis) is 1. The third kappa shape index (κ3) is 9.39. The summed E-state index contributed by atoms with van der Waals surface area (Å²) in [6, 6.07) is 24.7. The molecule has 10 heteroatoms. The first-order valence-electron chi connectivity index (χ1n) is 14.0. The quantitative estimate of drug-likeness (QED) is 0.152. The van der Waals surface area contributed by atoms with Crippen molar-refractivity contribution in [2.24, 2.45) is 0 Å². The summed E-state index contributed by atoms with van der Waals surface area (Å²) in [7, 11) is 1.33. The van der Waals surface area contributed by atoms with Crippen LogP contribution in [0, 0.1) is 0 Å². The molecular weight excluding hydrogens is 548 g/mol. The van der Waals surface area contributed by atoms with Crippen LogP contribution in [0.3, 0.4) is 0 Å². The van der Waals surface area contributed by atoms with Gasteiger partial charge < -0.3 is 25.4 Å². The number of benzene rings is 3. The van der Waals surface area contributed by atoms with Gasteiger partial charge in [-0.2, -0.15) is 0 Å². The number of rotatable bonds is 13. The van der Waals surface area contributed by atoms with Crippen molar-refractivity contribution in [3.8, 4) is 0 Å². The molecule has 1 atom stereocenters. The van der Waals surface area contributed by atoms with E-state index in [9.17, 15) is 19.2 Å². The van der Waals surface area contributed by atoms with E-state index in [-0.39, 0.29) is 32.0 Å². The molecule has 3 amide bonds. The van der Waals surface area contributed by atoms with E-state index in [1.54, 1.807) is 18.2 Å². The normalized spacial score (nSPS) is 11.3. The van der Waals surface area contributed by atoms with Gasteiger partial charge in [-0.05, 0) is 48.6 Å². The van der Waals surface area contributed by atoms with E-state index in [0.717, 1.165) is 22.0 Å². The Balaban J connectivity index is 1.40. The van der Waals surface area contributed by atoms with Gasteiger partial charge in [-0.15, -0.1) is 0 Å². The number of methoxy groups -OCH3 is 1. The molecule has 0 saturated heterocycles. The lowest BCUT2D eigenvalue weighted by atomic mass is 10.1. The molecule has 0 aliphatic heterocycles. The summed E-state index contributed by atoms with van der Waals surface area (Å²) < 4.78 is 9.98. The van der Waals surface area contributed by atoms with Gasteiger partial charge in [-0.1, -0.05) is 66.7 Å². The Bertz CT molecular complexity index is 1560. The standard InChI is InChI=1S/C33H34N4O6/c1-42-30(38)18-17-24-12-5-8-15-28(24)36-32(40)29(16-9-19-34-33(41)43-22-23-10-3-2-4-11-23)37-31(39)26-20-25-13-6-7-14-27(25)35-21-26/h2-8,10-15,20-21,29H,9,16-19,22H2,1H3,(H,34,41)(H,36,40)(H,37,39)/t29-/m0/s1. The minimum Gasteiger partial charge on any atom is -0.469 e. The van der Waals surface area contributed by atoms with Crippen molar-refractivity contribution in [3.63, 3.8) is 0 Å². The fourth-order valence-corrected chi connectivity index (χ4v) is 4.40. The average molecular weight is 583 g/mol. The number of ether oxygens (including phenoxy) is 2. The van der Waals surface area contributed by atoms with Crippen molar-refractivity contribution in [1.82, 2.24) is 15.6 Å². The van der Waals surface area contributed by atoms with E-state index in [1.807, 2.05) is 66.7 Å². The highest BCUT2D eigenvalue weighted by Crippen LogP contribution is 2.19. The van der Waals surface area contributed by atoms with Gasteiger partial charge >= 0.3 is 12.1 Å². The number of para-hydroxylation sites is 2. The van der Waals surface area contributed by atoms with Crippen molar-refractivity contribution in [1.29, 1.82) is 0 Å². The molecule has 43 heavy (non-hydrogen) atoms. The third-order valence-electron chi connectivity index (χ3n) is 6.73. The molecule has 0 fully saturated rings. The van der Waals surface area contributed by atoms with Gasteiger partial charge in [0.2, 0.25) is 5.91 Å². The summed E-state index contributed by atoms with van der Waals surface area (Å²) in [5, 5.41) is 9.20. The molecule has 0 radical (unpaired) electrons. The number of carbonyl (C=O) groups excluding carboxylic acids is 4. The van der Waals surface area contributed by atoms with Crippen LogP contribution < -0.4 is 16.0 Å². The largest absolute Gasteiger partial charge is 0.469 e. The zero-order valence-corrected chi connectivity index (χ0v) is 23.9. The van der Waals surface area contributed by atoms with E-state index in [1.165, 1.54) is 13.3 Å². The Kier molecular flexibility index (Phi) is 11.2. The SMILES string of the molecule is COC(=O)CCc1ccccc1NC(=O)[C@H](CCCNC(=O)OCc1ccccc1)NC(=O)c1cnc2ccccc2c1. The van der Waals surface area contributed by atoms with Gasteiger partial charge in [-0.3, -0.25) is 19.4 Å². The molecule has 3 aromatic carbocycles. The summed E-state index contributed by atoms with van der Waals surface area (Å²) in [5.41, 5.74) is 3.23. The highest BCUT2D eigenvalue weighted by molar-refractivity contribution is 6.02. The molecule has 0 bridgehead atoms. The van der Waals surface area contributed by atoms with E-state index in [2.05, 4.69) is 20.9 Å². The average Bonchev–Trinajstić information content (AvgIpc) is 3.04. The van der Waals surface area contributed by atoms with Crippen LogP contribution in [0.25, 0.3) is 10.9 Å². The molecule has 4 rings (SSSR count). The topological polar surface area (TPSA) is 136 Å². The minimum absolute atomic E-state index is 0.142. The second-order valence-corrected chi connectivity index (χ2v) is 9.80. The number of hydrogen-bond acceptors (Lipinski definition) is 7. The summed E-state index contributed by atoms with van der Waals surface area (Å²) in [4.78, 5) is 54.9. The molecule has 222 valence electrons. The van der Waals surface area contributed by atoms with Gasteiger partial charge in [0.15, 0.2) is 0 Å². The fourth-order valence-electron chi connectivity index (χ4n) is 4.40. The molecular formula is C33H34N4O6. The molecule has 0 saturated carbocycles. The van der Waals surface area contributed by atoms with Crippen molar-refractivity contribution in [2.75, 3.05) is 19.0 Å². The maximum absolute atomic E-state index is 13.5. The molecule has 0 aliphatic rings. The number of amides is 3. The highest BCUT2D eigenvalue weighted by Gasteiger charge is 2.23. The Labute approximate surface area is 249 Å². The van der Waals surface area contributed by atoms with Crippen molar-refractivity contribution >= 4 is 40.5 Å². The zero-order chi connectivity index (χ0) is 30.4. The number of hydrogen-bond donors (Lipinski definition) is 3. The second-order valence-electron chi connectivity index (χ2n) is 9.80. The van der Waals surface area contributed by atoms with Gasteiger partial charge in [0, 0.05) is 30.2 Å². The van der Waals surface area contributed by atoms with Gasteiger partial charge in [-0.25, -0.2) is 4.79 Å².